The second-order valence-corrected chi connectivity index (χ2v) is 5.60. The summed E-state index contributed by atoms with van der Waals surface area (Å²) >= 11 is 0. The van der Waals surface area contributed by atoms with E-state index >= 15 is 0 Å². The first kappa shape index (κ1) is 15.6. The number of carbonyl (C=O) groups excluding carboxylic acids is 1. The molecular weight excluding hydrogens is 290 g/mol. The number of amides is 1. The number of ether oxygens (including phenoxy) is 1. The first-order chi connectivity index (χ1) is 9.58. The predicted molar refractivity (Wildman–Crippen MR) is 67.3 cm³/mol. The van der Waals surface area contributed by atoms with Gasteiger partial charge in [0.1, 0.15) is 11.6 Å². The lowest BCUT2D eigenvalue weighted by Crippen LogP contribution is -2.41. The predicted octanol–water partition coefficient (Wildman–Crippen LogP) is 3.28. The van der Waals surface area contributed by atoms with Crippen LogP contribution < -0.4 is 10.1 Å². The van der Waals surface area contributed by atoms with Crippen LogP contribution in [0.4, 0.5) is 17.6 Å². The second-order valence-electron chi connectivity index (χ2n) is 5.60. The molecule has 1 fully saturated rings. The van der Waals surface area contributed by atoms with Crippen molar-refractivity contribution in [2.24, 2.45) is 0 Å². The summed E-state index contributed by atoms with van der Waals surface area (Å²) in [5, 5.41) is 2.76. The summed E-state index contributed by atoms with van der Waals surface area (Å²) in [7, 11) is 0. The fourth-order valence-corrected chi connectivity index (χ4v) is 1.84. The maximum absolute atomic E-state index is 13.5. The molecule has 0 atom stereocenters. The van der Waals surface area contributed by atoms with Gasteiger partial charge in [0.25, 0.3) is 0 Å². The van der Waals surface area contributed by atoms with Gasteiger partial charge >= 0.3 is 6.36 Å². The smallest absolute Gasteiger partial charge is 0.406 e. The summed E-state index contributed by atoms with van der Waals surface area (Å²) < 4.78 is 53.9. The number of rotatable bonds is 4. The zero-order valence-corrected chi connectivity index (χ0v) is 11.6. The molecule has 7 heteroatoms. The van der Waals surface area contributed by atoms with Crippen LogP contribution in [0.1, 0.15) is 32.3 Å². The van der Waals surface area contributed by atoms with Crippen LogP contribution in [-0.2, 0) is 10.2 Å². The minimum atomic E-state index is -4.91. The van der Waals surface area contributed by atoms with Crippen molar-refractivity contribution >= 4 is 5.91 Å². The average molecular weight is 305 g/mol. The van der Waals surface area contributed by atoms with Crippen molar-refractivity contribution in [3.8, 4) is 5.75 Å². The van der Waals surface area contributed by atoms with Gasteiger partial charge in [-0.05, 0) is 44.4 Å². The highest BCUT2D eigenvalue weighted by atomic mass is 19.4. The Morgan fingerprint density at radius 3 is 2.38 bits per heavy atom. The van der Waals surface area contributed by atoms with Gasteiger partial charge in [-0.1, -0.05) is 0 Å². The summed E-state index contributed by atoms with van der Waals surface area (Å²) in [5.74, 6) is -1.92. The van der Waals surface area contributed by atoms with Gasteiger partial charge in [-0.25, -0.2) is 4.39 Å². The number of halogens is 4. The van der Waals surface area contributed by atoms with Crippen molar-refractivity contribution in [2.45, 2.75) is 44.5 Å². The minimum absolute atomic E-state index is 0.108. The van der Waals surface area contributed by atoms with E-state index in [2.05, 4.69) is 10.1 Å². The first-order valence-electron chi connectivity index (χ1n) is 6.46. The maximum Gasteiger partial charge on any atom is 0.573 e. The van der Waals surface area contributed by atoms with E-state index in [9.17, 15) is 22.4 Å². The molecule has 0 aromatic heterocycles. The SMILES string of the molecule is CC(C)(C(=O)NC1CC1)c1cc(F)cc(OC(F)(F)F)c1. The van der Waals surface area contributed by atoms with Crippen molar-refractivity contribution in [1.82, 2.24) is 5.32 Å². The molecule has 0 bridgehead atoms. The van der Waals surface area contributed by atoms with E-state index in [1.807, 2.05) is 0 Å². The van der Waals surface area contributed by atoms with Crippen LogP contribution in [0.3, 0.4) is 0 Å². The Hall–Kier alpha value is -1.79. The third kappa shape index (κ3) is 4.09. The third-order valence-electron chi connectivity index (χ3n) is 3.31. The van der Waals surface area contributed by atoms with Crippen molar-refractivity contribution in [3.05, 3.63) is 29.6 Å². The van der Waals surface area contributed by atoms with Gasteiger partial charge < -0.3 is 10.1 Å². The Labute approximate surface area is 119 Å². The molecule has 0 spiro atoms. The highest BCUT2D eigenvalue weighted by Gasteiger charge is 2.36. The molecule has 0 unspecified atom stereocenters. The summed E-state index contributed by atoms with van der Waals surface area (Å²) in [6.07, 6.45) is -3.15. The van der Waals surface area contributed by atoms with E-state index in [1.54, 1.807) is 0 Å². The fraction of sp³-hybridized carbons (Fsp3) is 0.500. The van der Waals surface area contributed by atoms with Gasteiger partial charge in [-0.15, -0.1) is 13.2 Å². The second kappa shape index (κ2) is 5.20. The number of hydrogen-bond donors (Lipinski definition) is 1. The molecule has 116 valence electrons. The van der Waals surface area contributed by atoms with Crippen LogP contribution in [0.2, 0.25) is 0 Å². The minimum Gasteiger partial charge on any atom is -0.406 e. The van der Waals surface area contributed by atoms with Crippen LogP contribution in [-0.4, -0.2) is 18.3 Å². The lowest BCUT2D eigenvalue weighted by Gasteiger charge is -2.25. The van der Waals surface area contributed by atoms with E-state index in [0.717, 1.165) is 25.0 Å². The highest BCUT2D eigenvalue weighted by molar-refractivity contribution is 5.87. The molecule has 1 N–H and O–H groups in total. The van der Waals surface area contributed by atoms with Crippen molar-refractivity contribution < 1.29 is 27.1 Å². The van der Waals surface area contributed by atoms with Crippen LogP contribution >= 0.6 is 0 Å². The van der Waals surface area contributed by atoms with Crippen LogP contribution in [0.5, 0.6) is 5.75 Å². The normalized spacial score (nSPS) is 15.7. The van der Waals surface area contributed by atoms with E-state index in [1.165, 1.54) is 13.8 Å². The number of carbonyl (C=O) groups is 1. The van der Waals surface area contributed by atoms with E-state index in [4.69, 9.17) is 0 Å². The summed E-state index contributed by atoms with van der Waals surface area (Å²) in [6.45, 7) is 3.05. The van der Waals surface area contributed by atoms with Gasteiger partial charge in [-0.2, -0.15) is 0 Å². The van der Waals surface area contributed by atoms with Crippen molar-refractivity contribution in [1.29, 1.82) is 0 Å². The Morgan fingerprint density at radius 2 is 1.86 bits per heavy atom. The molecule has 1 aliphatic rings. The molecule has 21 heavy (non-hydrogen) atoms. The molecule has 3 nitrogen and oxygen atoms in total. The molecule has 0 saturated heterocycles. The third-order valence-corrected chi connectivity index (χ3v) is 3.31. The van der Waals surface area contributed by atoms with Crippen molar-refractivity contribution in [2.75, 3.05) is 0 Å². The lowest BCUT2D eigenvalue weighted by molar-refractivity contribution is -0.274. The van der Waals surface area contributed by atoms with Crippen molar-refractivity contribution in [3.63, 3.8) is 0 Å². The summed E-state index contributed by atoms with van der Waals surface area (Å²) in [5.41, 5.74) is -1.03. The van der Waals surface area contributed by atoms with E-state index in [-0.39, 0.29) is 17.5 Å². The lowest BCUT2D eigenvalue weighted by atomic mass is 9.83. The first-order valence-corrected chi connectivity index (χ1v) is 6.46. The maximum atomic E-state index is 13.5. The monoisotopic (exact) mass is 305 g/mol. The quantitative estimate of drug-likeness (QED) is 0.867. The number of benzene rings is 1. The number of alkyl halides is 3. The Morgan fingerprint density at radius 1 is 1.24 bits per heavy atom. The molecule has 2 rings (SSSR count). The van der Waals surface area contributed by atoms with Gasteiger partial charge in [-0.3, -0.25) is 4.79 Å². The number of nitrogens with one attached hydrogen (secondary N) is 1. The topological polar surface area (TPSA) is 38.3 Å². The van der Waals surface area contributed by atoms with Gasteiger partial charge in [0, 0.05) is 12.1 Å². The van der Waals surface area contributed by atoms with E-state index in [0.29, 0.717) is 6.07 Å². The summed E-state index contributed by atoms with van der Waals surface area (Å²) in [6, 6.07) is 2.81. The molecule has 1 saturated carbocycles. The molecule has 1 aromatic carbocycles. The molecule has 1 aromatic rings. The highest BCUT2D eigenvalue weighted by Crippen LogP contribution is 2.31. The van der Waals surface area contributed by atoms with Crippen LogP contribution in [0.15, 0.2) is 18.2 Å². The number of hydrogen-bond acceptors (Lipinski definition) is 2. The Bertz CT molecular complexity index is 550. The largest absolute Gasteiger partial charge is 0.573 e. The zero-order valence-electron chi connectivity index (χ0n) is 11.6. The standard InChI is InChI=1S/C14H15F4NO2/c1-13(2,12(20)19-10-3-4-10)8-5-9(15)7-11(6-8)21-14(16,17)18/h5-7,10H,3-4H2,1-2H3,(H,19,20). The Balaban J connectivity index is 2.26. The molecule has 1 aliphatic carbocycles. The Kier molecular flexibility index (Phi) is 3.86. The molecule has 0 heterocycles. The zero-order chi connectivity index (χ0) is 15.8. The van der Waals surface area contributed by atoms with Crippen LogP contribution in [0, 0.1) is 5.82 Å². The average Bonchev–Trinajstić information content (AvgIpc) is 3.09. The van der Waals surface area contributed by atoms with Crippen LogP contribution in [0.25, 0.3) is 0 Å². The van der Waals surface area contributed by atoms with Gasteiger partial charge in [0.05, 0.1) is 5.41 Å². The fourth-order valence-electron chi connectivity index (χ4n) is 1.84. The summed E-state index contributed by atoms with van der Waals surface area (Å²) in [4.78, 5) is 12.1. The van der Waals surface area contributed by atoms with Gasteiger partial charge in [0.15, 0.2) is 0 Å². The molecule has 0 radical (unpaired) electrons. The molecule has 0 aliphatic heterocycles. The molecule has 1 amide bonds. The van der Waals surface area contributed by atoms with E-state index < -0.39 is 23.3 Å². The molecular formula is C14H15F4NO2. The van der Waals surface area contributed by atoms with Gasteiger partial charge in [0.2, 0.25) is 5.91 Å².